The molecule has 3 aromatic carbocycles. The van der Waals surface area contributed by atoms with Crippen LogP contribution in [0, 0.1) is 6.92 Å². The minimum Gasteiger partial charge on any atom is -0.310 e. The van der Waals surface area contributed by atoms with E-state index in [1.54, 1.807) is 15.5 Å². The summed E-state index contributed by atoms with van der Waals surface area (Å²) in [6, 6.07) is 24.3. The SMILES string of the molecule is CCCn1c(C(C)N(Cc2ccccc2)C(=O)Nc2cccc(C)c2)nc2ccccc2c1=O. The summed E-state index contributed by atoms with van der Waals surface area (Å²) in [6.45, 7) is 6.87. The summed E-state index contributed by atoms with van der Waals surface area (Å²) in [5.74, 6) is 0.584. The first kappa shape index (κ1) is 23.2. The zero-order valence-electron chi connectivity index (χ0n) is 19.9. The number of urea groups is 1. The summed E-state index contributed by atoms with van der Waals surface area (Å²) < 4.78 is 1.71. The van der Waals surface area contributed by atoms with E-state index >= 15 is 0 Å². The van der Waals surface area contributed by atoms with Gasteiger partial charge in [-0.15, -0.1) is 0 Å². The molecule has 174 valence electrons. The van der Waals surface area contributed by atoms with E-state index in [1.807, 2.05) is 93.6 Å². The van der Waals surface area contributed by atoms with E-state index in [9.17, 15) is 9.59 Å². The third-order valence-corrected chi connectivity index (χ3v) is 5.91. The number of carbonyl (C=O) groups excluding carboxylic acids is 1. The minimum atomic E-state index is -0.436. The van der Waals surface area contributed by atoms with Crippen molar-refractivity contribution in [2.75, 3.05) is 5.32 Å². The van der Waals surface area contributed by atoms with Gasteiger partial charge in [0.1, 0.15) is 5.82 Å². The Kier molecular flexibility index (Phi) is 7.07. The molecule has 1 heterocycles. The molecular formula is C28H30N4O2. The number of hydrogen-bond acceptors (Lipinski definition) is 3. The molecule has 0 aliphatic heterocycles. The molecule has 2 amide bonds. The van der Waals surface area contributed by atoms with E-state index in [1.165, 1.54) is 0 Å². The summed E-state index contributed by atoms with van der Waals surface area (Å²) in [5, 5.41) is 3.62. The smallest absolute Gasteiger partial charge is 0.310 e. The molecule has 0 saturated carbocycles. The van der Waals surface area contributed by atoms with Crippen LogP contribution in [0.3, 0.4) is 0 Å². The van der Waals surface area contributed by atoms with Crippen LogP contribution in [0.1, 0.15) is 43.3 Å². The number of anilines is 1. The summed E-state index contributed by atoms with van der Waals surface area (Å²) in [5.41, 5.74) is 3.36. The van der Waals surface area contributed by atoms with E-state index in [2.05, 4.69) is 5.32 Å². The van der Waals surface area contributed by atoms with Gasteiger partial charge in [-0.2, -0.15) is 0 Å². The van der Waals surface area contributed by atoms with Crippen molar-refractivity contribution in [3.63, 3.8) is 0 Å². The van der Waals surface area contributed by atoms with Crippen molar-refractivity contribution in [3.05, 3.63) is 106 Å². The Balaban J connectivity index is 1.77. The van der Waals surface area contributed by atoms with Crippen molar-refractivity contribution in [2.24, 2.45) is 0 Å². The number of carbonyl (C=O) groups is 1. The fourth-order valence-corrected chi connectivity index (χ4v) is 4.17. The normalized spacial score (nSPS) is 11.9. The zero-order chi connectivity index (χ0) is 24.1. The first-order valence-corrected chi connectivity index (χ1v) is 11.7. The Bertz CT molecular complexity index is 1350. The van der Waals surface area contributed by atoms with Crippen LogP contribution in [0.2, 0.25) is 0 Å². The number of hydrogen-bond donors (Lipinski definition) is 1. The van der Waals surface area contributed by atoms with Crippen LogP contribution in [0.25, 0.3) is 10.9 Å². The predicted molar refractivity (Wildman–Crippen MR) is 137 cm³/mol. The van der Waals surface area contributed by atoms with E-state index in [0.29, 0.717) is 29.8 Å². The molecule has 1 unspecified atom stereocenters. The summed E-state index contributed by atoms with van der Waals surface area (Å²) in [4.78, 5) is 33.5. The minimum absolute atomic E-state index is 0.0759. The molecule has 6 nitrogen and oxygen atoms in total. The van der Waals surface area contributed by atoms with Crippen molar-refractivity contribution in [3.8, 4) is 0 Å². The van der Waals surface area contributed by atoms with Crippen LogP contribution in [-0.4, -0.2) is 20.5 Å². The van der Waals surface area contributed by atoms with Gasteiger partial charge in [0.15, 0.2) is 0 Å². The largest absolute Gasteiger partial charge is 0.322 e. The fourth-order valence-electron chi connectivity index (χ4n) is 4.17. The standard InChI is InChI=1S/C28H30N4O2/c1-4-17-31-26(30-25-16-9-8-15-24(25)27(31)33)21(3)32(19-22-12-6-5-7-13-22)28(34)29-23-14-10-11-20(2)18-23/h5-16,18,21H,4,17,19H2,1-3H3,(H,29,34). The van der Waals surface area contributed by atoms with E-state index < -0.39 is 6.04 Å². The molecule has 1 N–H and O–H groups in total. The van der Waals surface area contributed by atoms with Crippen LogP contribution >= 0.6 is 0 Å². The van der Waals surface area contributed by atoms with Gasteiger partial charge in [0.25, 0.3) is 5.56 Å². The van der Waals surface area contributed by atoms with Gasteiger partial charge < -0.3 is 10.2 Å². The molecule has 0 aliphatic rings. The van der Waals surface area contributed by atoms with Gasteiger partial charge in [-0.1, -0.05) is 61.5 Å². The highest BCUT2D eigenvalue weighted by Crippen LogP contribution is 2.24. The fraction of sp³-hybridized carbons (Fsp3) is 0.250. The molecule has 0 radical (unpaired) electrons. The number of nitrogens with zero attached hydrogens (tertiary/aromatic N) is 3. The molecule has 0 saturated heterocycles. The number of rotatable bonds is 7. The van der Waals surface area contributed by atoms with Gasteiger partial charge in [0, 0.05) is 18.8 Å². The molecule has 0 aliphatic carbocycles. The third-order valence-electron chi connectivity index (χ3n) is 5.91. The van der Waals surface area contributed by atoms with Crippen molar-refractivity contribution in [2.45, 2.75) is 46.3 Å². The maximum Gasteiger partial charge on any atom is 0.322 e. The van der Waals surface area contributed by atoms with Crippen molar-refractivity contribution in [1.82, 2.24) is 14.5 Å². The number of amides is 2. The maximum atomic E-state index is 13.6. The second-order valence-corrected chi connectivity index (χ2v) is 8.53. The Morgan fingerprint density at radius 3 is 2.50 bits per heavy atom. The molecular weight excluding hydrogens is 424 g/mol. The molecule has 0 bridgehead atoms. The molecule has 4 aromatic rings. The predicted octanol–water partition coefficient (Wildman–Crippen LogP) is 5.91. The molecule has 0 fully saturated rings. The Morgan fingerprint density at radius 1 is 1.03 bits per heavy atom. The number of aryl methyl sites for hydroxylation is 1. The van der Waals surface area contributed by atoms with Gasteiger partial charge >= 0.3 is 6.03 Å². The van der Waals surface area contributed by atoms with Crippen LogP contribution in [0.15, 0.2) is 83.7 Å². The number of fused-ring (bicyclic) bond motifs is 1. The molecule has 0 spiro atoms. The number of para-hydroxylation sites is 1. The van der Waals surface area contributed by atoms with Gasteiger partial charge in [0.2, 0.25) is 0 Å². The van der Waals surface area contributed by atoms with Crippen molar-refractivity contribution in [1.29, 1.82) is 0 Å². The summed E-state index contributed by atoms with van der Waals surface area (Å²) >= 11 is 0. The molecule has 34 heavy (non-hydrogen) atoms. The van der Waals surface area contributed by atoms with Crippen molar-refractivity contribution < 1.29 is 4.79 Å². The molecule has 4 rings (SSSR count). The number of aromatic nitrogens is 2. The molecule has 1 atom stereocenters. The quantitative estimate of drug-likeness (QED) is 0.377. The average Bonchev–Trinajstić information content (AvgIpc) is 2.84. The molecule has 6 heteroatoms. The first-order chi connectivity index (χ1) is 16.5. The van der Waals surface area contributed by atoms with Gasteiger partial charge in [-0.3, -0.25) is 9.36 Å². The lowest BCUT2D eigenvalue weighted by Gasteiger charge is -2.31. The lowest BCUT2D eigenvalue weighted by Crippen LogP contribution is -2.39. The molecule has 1 aromatic heterocycles. The van der Waals surface area contributed by atoms with Gasteiger partial charge in [0.05, 0.1) is 16.9 Å². The second kappa shape index (κ2) is 10.3. The van der Waals surface area contributed by atoms with E-state index in [0.717, 1.165) is 23.2 Å². The topological polar surface area (TPSA) is 67.2 Å². The van der Waals surface area contributed by atoms with Gasteiger partial charge in [-0.05, 0) is 55.7 Å². The van der Waals surface area contributed by atoms with Gasteiger partial charge in [-0.25, -0.2) is 9.78 Å². The lowest BCUT2D eigenvalue weighted by molar-refractivity contribution is 0.184. The number of nitrogens with one attached hydrogen (secondary N) is 1. The number of benzene rings is 3. The Morgan fingerprint density at radius 2 is 1.76 bits per heavy atom. The monoisotopic (exact) mass is 454 g/mol. The highest BCUT2D eigenvalue weighted by atomic mass is 16.2. The van der Waals surface area contributed by atoms with Crippen LogP contribution < -0.4 is 10.9 Å². The summed E-state index contributed by atoms with van der Waals surface area (Å²) in [6.07, 6.45) is 0.786. The van der Waals surface area contributed by atoms with Crippen LogP contribution in [0.5, 0.6) is 0 Å². The van der Waals surface area contributed by atoms with Crippen LogP contribution in [0.4, 0.5) is 10.5 Å². The zero-order valence-corrected chi connectivity index (χ0v) is 19.9. The Hall–Kier alpha value is -3.93. The maximum absolute atomic E-state index is 13.6. The van der Waals surface area contributed by atoms with Crippen LogP contribution in [-0.2, 0) is 13.1 Å². The second-order valence-electron chi connectivity index (χ2n) is 8.53. The lowest BCUT2D eigenvalue weighted by atomic mass is 10.1. The van der Waals surface area contributed by atoms with E-state index in [4.69, 9.17) is 4.98 Å². The average molecular weight is 455 g/mol. The first-order valence-electron chi connectivity index (χ1n) is 11.7. The van der Waals surface area contributed by atoms with Crippen molar-refractivity contribution >= 4 is 22.6 Å². The van der Waals surface area contributed by atoms with E-state index in [-0.39, 0.29) is 11.6 Å². The Labute approximate surface area is 199 Å². The summed E-state index contributed by atoms with van der Waals surface area (Å²) in [7, 11) is 0. The third kappa shape index (κ3) is 5.01. The highest BCUT2D eigenvalue weighted by molar-refractivity contribution is 5.89. The highest BCUT2D eigenvalue weighted by Gasteiger charge is 2.26.